The Kier molecular flexibility index (Phi) is 6.38. The van der Waals surface area contributed by atoms with Crippen LogP contribution >= 0.6 is 11.8 Å². The minimum absolute atomic E-state index is 0.0326. The number of carbonyl (C=O) groups is 2. The summed E-state index contributed by atoms with van der Waals surface area (Å²) in [6.45, 7) is 0. The topological polar surface area (TPSA) is 92.2 Å². The van der Waals surface area contributed by atoms with Crippen LogP contribution in [0.25, 0.3) is 0 Å². The van der Waals surface area contributed by atoms with Gasteiger partial charge in [0.15, 0.2) is 5.17 Å². The fourth-order valence-electron chi connectivity index (χ4n) is 2.34. The molecule has 0 saturated carbocycles. The summed E-state index contributed by atoms with van der Waals surface area (Å²) in [6, 6.07) is 12.7. The summed E-state index contributed by atoms with van der Waals surface area (Å²) >= 11 is 1.14. The van der Waals surface area contributed by atoms with Crippen LogP contribution in [0.4, 0.5) is 10.1 Å². The van der Waals surface area contributed by atoms with Crippen LogP contribution in [0.3, 0.4) is 0 Å². The maximum Gasteiger partial charge on any atom is 0.240 e. The zero-order valence-corrected chi connectivity index (χ0v) is 15.7. The third-order valence-corrected chi connectivity index (χ3v) is 4.82. The van der Waals surface area contributed by atoms with Crippen molar-refractivity contribution in [1.82, 2.24) is 5.32 Å². The molecule has 1 fully saturated rings. The number of thioether (sulfide) groups is 1. The summed E-state index contributed by atoms with van der Waals surface area (Å²) in [6.07, 6.45) is 1.52. The zero-order valence-electron chi connectivity index (χ0n) is 14.9. The highest BCUT2D eigenvalue weighted by atomic mass is 32.2. The van der Waals surface area contributed by atoms with Gasteiger partial charge in [0.05, 0.1) is 13.3 Å². The standard InChI is InChI=1S/C19H17FN4O3S/c1-27-15-8-2-12(3-9-15)11-21-24-19-23-18(26)16(28-19)10-17(25)22-14-6-4-13(20)5-7-14/h2-9,11,16H,10H2,1H3,(H,22,25)(H,23,24,26). The monoisotopic (exact) mass is 400 g/mol. The quantitative estimate of drug-likeness (QED) is 0.576. The first-order valence-corrected chi connectivity index (χ1v) is 9.19. The number of amides is 2. The highest BCUT2D eigenvalue weighted by molar-refractivity contribution is 8.15. The van der Waals surface area contributed by atoms with E-state index >= 15 is 0 Å². The average molecular weight is 400 g/mol. The Labute approximate surface area is 165 Å². The molecule has 2 N–H and O–H groups in total. The van der Waals surface area contributed by atoms with E-state index < -0.39 is 5.25 Å². The number of anilines is 1. The number of rotatable bonds is 6. The predicted octanol–water partition coefficient (Wildman–Crippen LogP) is 2.78. The Morgan fingerprint density at radius 1 is 1.25 bits per heavy atom. The molecular weight excluding hydrogens is 383 g/mol. The van der Waals surface area contributed by atoms with Gasteiger partial charge in [0, 0.05) is 12.1 Å². The maximum absolute atomic E-state index is 12.9. The number of ether oxygens (including phenoxy) is 1. The Morgan fingerprint density at radius 2 is 1.96 bits per heavy atom. The molecule has 1 heterocycles. The molecule has 28 heavy (non-hydrogen) atoms. The van der Waals surface area contributed by atoms with Crippen molar-refractivity contribution in [3.05, 3.63) is 59.9 Å². The van der Waals surface area contributed by atoms with Gasteiger partial charge in [0.25, 0.3) is 0 Å². The van der Waals surface area contributed by atoms with Crippen molar-refractivity contribution in [3.63, 3.8) is 0 Å². The zero-order chi connectivity index (χ0) is 19.9. The highest BCUT2D eigenvalue weighted by Gasteiger charge is 2.32. The van der Waals surface area contributed by atoms with E-state index in [9.17, 15) is 14.0 Å². The second-order valence-corrected chi connectivity index (χ2v) is 6.97. The molecule has 144 valence electrons. The van der Waals surface area contributed by atoms with Crippen molar-refractivity contribution in [2.75, 3.05) is 12.4 Å². The van der Waals surface area contributed by atoms with Crippen molar-refractivity contribution >= 4 is 40.6 Å². The van der Waals surface area contributed by atoms with Crippen molar-refractivity contribution < 1.29 is 18.7 Å². The summed E-state index contributed by atoms with van der Waals surface area (Å²) in [4.78, 5) is 24.1. The van der Waals surface area contributed by atoms with Gasteiger partial charge in [-0.1, -0.05) is 11.8 Å². The molecule has 2 aromatic carbocycles. The van der Waals surface area contributed by atoms with Crippen molar-refractivity contribution in [2.45, 2.75) is 11.7 Å². The Morgan fingerprint density at radius 3 is 2.64 bits per heavy atom. The lowest BCUT2D eigenvalue weighted by molar-refractivity contribution is -0.122. The van der Waals surface area contributed by atoms with Crippen molar-refractivity contribution in [1.29, 1.82) is 0 Å². The Bertz CT molecular complexity index is 914. The minimum Gasteiger partial charge on any atom is -0.497 e. The van der Waals surface area contributed by atoms with Gasteiger partial charge in [-0.05, 0) is 54.1 Å². The first kappa shape index (κ1) is 19.6. The largest absolute Gasteiger partial charge is 0.497 e. The molecule has 1 saturated heterocycles. The normalized spacial score (nSPS) is 17.7. The lowest BCUT2D eigenvalue weighted by Crippen LogP contribution is -2.28. The first-order valence-electron chi connectivity index (χ1n) is 8.31. The lowest BCUT2D eigenvalue weighted by atomic mass is 10.2. The highest BCUT2D eigenvalue weighted by Crippen LogP contribution is 2.23. The van der Waals surface area contributed by atoms with Gasteiger partial charge in [-0.2, -0.15) is 5.10 Å². The molecular formula is C19H17FN4O3S. The summed E-state index contributed by atoms with van der Waals surface area (Å²) in [5.41, 5.74) is 1.29. The van der Waals surface area contributed by atoms with E-state index in [1.54, 1.807) is 25.5 Å². The Hall–Kier alpha value is -3.20. The van der Waals surface area contributed by atoms with Crippen LogP contribution < -0.4 is 15.4 Å². The molecule has 1 atom stereocenters. The second kappa shape index (κ2) is 9.14. The molecule has 0 spiro atoms. The SMILES string of the molecule is COc1ccc(C=NN=C2NC(=O)C(CC(=O)Nc3ccc(F)cc3)S2)cc1. The molecule has 3 rings (SSSR count). The number of halogens is 1. The molecule has 0 radical (unpaired) electrons. The third kappa shape index (κ3) is 5.40. The summed E-state index contributed by atoms with van der Waals surface area (Å²) in [5.74, 6) is -0.302. The lowest BCUT2D eigenvalue weighted by Gasteiger charge is -2.07. The van der Waals surface area contributed by atoms with E-state index in [-0.39, 0.29) is 24.1 Å². The van der Waals surface area contributed by atoms with Gasteiger partial charge in [0.1, 0.15) is 16.8 Å². The van der Waals surface area contributed by atoms with E-state index in [2.05, 4.69) is 20.8 Å². The molecule has 0 bridgehead atoms. The van der Waals surface area contributed by atoms with Crippen LogP contribution in [0.2, 0.25) is 0 Å². The molecule has 2 amide bonds. The molecule has 9 heteroatoms. The van der Waals surface area contributed by atoms with Crippen LogP contribution in [-0.2, 0) is 9.59 Å². The number of nitrogens with zero attached hydrogens (tertiary/aromatic N) is 2. The van der Waals surface area contributed by atoms with Crippen LogP contribution in [0.1, 0.15) is 12.0 Å². The van der Waals surface area contributed by atoms with Gasteiger partial charge in [-0.3, -0.25) is 9.59 Å². The van der Waals surface area contributed by atoms with Crippen LogP contribution in [0, 0.1) is 5.82 Å². The number of nitrogens with one attached hydrogen (secondary N) is 2. The fraction of sp³-hybridized carbons (Fsp3) is 0.158. The molecule has 0 aromatic heterocycles. The number of amidine groups is 1. The molecule has 1 aliphatic heterocycles. The van der Waals surface area contributed by atoms with Crippen molar-refractivity contribution in [2.24, 2.45) is 10.2 Å². The van der Waals surface area contributed by atoms with E-state index in [4.69, 9.17) is 4.74 Å². The van der Waals surface area contributed by atoms with Gasteiger partial charge >= 0.3 is 0 Å². The summed E-state index contributed by atoms with van der Waals surface area (Å²) in [5, 5.41) is 12.9. The number of methoxy groups -OCH3 is 1. The summed E-state index contributed by atoms with van der Waals surface area (Å²) in [7, 11) is 1.59. The molecule has 1 aliphatic rings. The molecule has 0 aliphatic carbocycles. The number of hydrogen-bond acceptors (Lipinski definition) is 6. The smallest absolute Gasteiger partial charge is 0.240 e. The number of hydrogen-bond donors (Lipinski definition) is 2. The maximum atomic E-state index is 12.9. The average Bonchev–Trinajstić information content (AvgIpc) is 3.03. The molecule has 1 unspecified atom stereocenters. The molecule has 2 aromatic rings. The van der Waals surface area contributed by atoms with E-state index in [1.165, 1.54) is 24.3 Å². The third-order valence-electron chi connectivity index (χ3n) is 3.75. The van der Waals surface area contributed by atoms with E-state index in [0.717, 1.165) is 23.1 Å². The van der Waals surface area contributed by atoms with Gasteiger partial charge in [-0.15, -0.1) is 5.10 Å². The molecule has 7 nitrogen and oxygen atoms in total. The predicted molar refractivity (Wildman–Crippen MR) is 107 cm³/mol. The van der Waals surface area contributed by atoms with Gasteiger partial charge < -0.3 is 15.4 Å². The van der Waals surface area contributed by atoms with Crippen molar-refractivity contribution in [3.8, 4) is 5.75 Å². The Balaban J connectivity index is 1.53. The fourth-order valence-corrected chi connectivity index (χ4v) is 3.26. The van der Waals surface area contributed by atoms with Crippen LogP contribution in [0.15, 0.2) is 58.7 Å². The number of benzene rings is 2. The van der Waals surface area contributed by atoms with E-state index in [0.29, 0.717) is 10.9 Å². The first-order chi connectivity index (χ1) is 13.5. The number of carbonyl (C=O) groups excluding carboxylic acids is 2. The minimum atomic E-state index is -0.601. The van der Waals surface area contributed by atoms with Crippen LogP contribution in [0.5, 0.6) is 5.75 Å². The van der Waals surface area contributed by atoms with Gasteiger partial charge in [0.2, 0.25) is 11.8 Å². The van der Waals surface area contributed by atoms with Gasteiger partial charge in [-0.25, -0.2) is 4.39 Å². The summed E-state index contributed by atoms with van der Waals surface area (Å²) < 4.78 is 18.0. The van der Waals surface area contributed by atoms with Crippen LogP contribution in [-0.4, -0.2) is 35.6 Å². The van der Waals surface area contributed by atoms with E-state index in [1.807, 2.05) is 12.1 Å². The second-order valence-electron chi connectivity index (χ2n) is 5.78.